The Morgan fingerprint density at radius 3 is 1.32 bits per heavy atom. The first kappa shape index (κ1) is 37.4. The first-order valence-electron chi connectivity index (χ1n) is 17.3. The van der Waals surface area contributed by atoms with Gasteiger partial charge in [-0.2, -0.15) is 0 Å². The fourth-order valence-electron chi connectivity index (χ4n) is 5.36. The molecule has 0 fully saturated rings. The van der Waals surface area contributed by atoms with Crippen molar-refractivity contribution in [2.45, 2.75) is 199 Å². The van der Waals surface area contributed by atoms with Crippen LogP contribution >= 0.6 is 0 Å². The van der Waals surface area contributed by atoms with Crippen molar-refractivity contribution < 1.29 is 15.0 Å². The molecule has 4 nitrogen and oxygen atoms in total. The van der Waals surface area contributed by atoms with Crippen LogP contribution in [0.25, 0.3) is 0 Å². The third kappa shape index (κ3) is 31.6. The zero-order valence-electron chi connectivity index (χ0n) is 25.8. The molecule has 4 heteroatoms. The summed E-state index contributed by atoms with van der Waals surface area (Å²) >= 11 is 0. The monoisotopic (exact) mass is 540 g/mol. The van der Waals surface area contributed by atoms with E-state index < -0.39 is 0 Å². The number of aliphatic hydroxyl groups excluding tert-OH is 2. The maximum absolute atomic E-state index is 12.0. The van der Waals surface area contributed by atoms with Crippen LogP contribution in [0.3, 0.4) is 0 Å². The van der Waals surface area contributed by atoms with Crippen LogP contribution in [0.5, 0.6) is 0 Å². The zero-order chi connectivity index (χ0) is 27.8. The number of carbonyl (C=O) groups is 1. The number of rotatable bonds is 32. The van der Waals surface area contributed by atoms with E-state index in [0.29, 0.717) is 12.8 Å². The van der Waals surface area contributed by atoms with Crippen LogP contribution in [0.15, 0.2) is 0 Å². The van der Waals surface area contributed by atoms with Gasteiger partial charge in [-0.05, 0) is 25.7 Å². The van der Waals surface area contributed by atoms with E-state index in [1.54, 1.807) is 0 Å². The van der Waals surface area contributed by atoms with Gasteiger partial charge in [-0.15, -0.1) is 0 Å². The molecule has 0 aliphatic heterocycles. The summed E-state index contributed by atoms with van der Waals surface area (Å²) in [5.74, 6) is 0.257. The van der Waals surface area contributed by atoms with Crippen LogP contribution in [-0.4, -0.2) is 35.4 Å². The number of amides is 1. The molecule has 0 aromatic carbocycles. The van der Waals surface area contributed by atoms with Crippen molar-refractivity contribution in [2.75, 3.05) is 13.2 Å². The predicted molar refractivity (Wildman–Crippen MR) is 166 cm³/mol. The molecule has 0 aromatic heterocycles. The van der Waals surface area contributed by atoms with Gasteiger partial charge >= 0.3 is 0 Å². The van der Waals surface area contributed by atoms with E-state index >= 15 is 0 Å². The van der Waals surface area contributed by atoms with E-state index in [1.807, 2.05) is 0 Å². The molecule has 0 aromatic rings. The maximum atomic E-state index is 12.0. The van der Waals surface area contributed by atoms with Crippen LogP contribution in [0.2, 0.25) is 0 Å². The molecule has 0 aliphatic carbocycles. The SMILES string of the molecule is CCCCCCCCCCCCCCCC(=O)NCCCCCCCCCCCCCCCC(O)CCO. The van der Waals surface area contributed by atoms with Gasteiger partial charge in [0.15, 0.2) is 0 Å². The first-order chi connectivity index (χ1) is 18.7. The molecule has 3 N–H and O–H groups in total. The lowest BCUT2D eigenvalue weighted by atomic mass is 10.0. The lowest BCUT2D eigenvalue weighted by molar-refractivity contribution is -0.121. The second-order valence-electron chi connectivity index (χ2n) is 11.9. The summed E-state index contributed by atoms with van der Waals surface area (Å²) in [7, 11) is 0. The minimum absolute atomic E-state index is 0.0962. The molecule has 228 valence electrons. The molecule has 0 aliphatic rings. The molecule has 0 saturated carbocycles. The van der Waals surface area contributed by atoms with Gasteiger partial charge in [0.25, 0.3) is 0 Å². The van der Waals surface area contributed by atoms with Crippen molar-refractivity contribution in [1.82, 2.24) is 5.32 Å². The molecular formula is C34H69NO3. The molecule has 1 unspecified atom stereocenters. The Balaban J connectivity index is 3.16. The standard InChI is InChI=1S/C34H69NO3/c1-2-3-4-5-6-7-8-10-14-17-20-23-26-29-34(38)35-31-27-24-21-18-15-12-9-11-13-16-19-22-25-28-33(37)30-32-36/h33,36-37H,2-32H2,1H3,(H,35,38). The molecule has 0 heterocycles. The molecule has 1 atom stereocenters. The average Bonchev–Trinajstić information content (AvgIpc) is 2.91. The summed E-state index contributed by atoms with van der Waals surface area (Å²) in [4.78, 5) is 12.0. The Hall–Kier alpha value is -0.610. The molecule has 0 bridgehead atoms. The van der Waals surface area contributed by atoms with Gasteiger partial charge in [-0.25, -0.2) is 0 Å². The van der Waals surface area contributed by atoms with E-state index in [0.717, 1.165) is 32.2 Å². The van der Waals surface area contributed by atoms with E-state index in [1.165, 1.54) is 148 Å². The quantitative estimate of drug-likeness (QED) is 0.0745. The summed E-state index contributed by atoms with van der Waals surface area (Å²) in [6.45, 7) is 3.24. The average molecular weight is 540 g/mol. The number of aliphatic hydroxyl groups is 2. The number of hydrogen-bond acceptors (Lipinski definition) is 3. The van der Waals surface area contributed by atoms with Crippen molar-refractivity contribution in [1.29, 1.82) is 0 Å². The molecule has 38 heavy (non-hydrogen) atoms. The van der Waals surface area contributed by atoms with Gasteiger partial charge in [0.2, 0.25) is 5.91 Å². The predicted octanol–water partition coefficient (Wildman–Crippen LogP) is 9.79. The highest BCUT2D eigenvalue weighted by Crippen LogP contribution is 2.15. The van der Waals surface area contributed by atoms with Gasteiger partial charge in [0.1, 0.15) is 0 Å². The van der Waals surface area contributed by atoms with Crippen molar-refractivity contribution in [3.8, 4) is 0 Å². The zero-order valence-corrected chi connectivity index (χ0v) is 25.8. The smallest absolute Gasteiger partial charge is 0.219 e. The molecule has 0 rings (SSSR count). The number of unbranched alkanes of at least 4 members (excludes halogenated alkanes) is 24. The van der Waals surface area contributed by atoms with Gasteiger partial charge in [0, 0.05) is 19.6 Å². The highest BCUT2D eigenvalue weighted by molar-refractivity contribution is 5.75. The fourth-order valence-corrected chi connectivity index (χ4v) is 5.36. The van der Waals surface area contributed by atoms with E-state index in [2.05, 4.69) is 12.2 Å². The lowest BCUT2D eigenvalue weighted by Crippen LogP contribution is -2.23. The third-order valence-electron chi connectivity index (χ3n) is 8.01. The Morgan fingerprint density at radius 2 is 0.895 bits per heavy atom. The van der Waals surface area contributed by atoms with Crippen molar-refractivity contribution >= 4 is 5.91 Å². The maximum Gasteiger partial charge on any atom is 0.219 e. The normalized spacial score (nSPS) is 12.2. The first-order valence-corrected chi connectivity index (χ1v) is 17.3. The number of nitrogens with one attached hydrogen (secondary N) is 1. The molecule has 0 spiro atoms. The molecule has 1 amide bonds. The van der Waals surface area contributed by atoms with Crippen molar-refractivity contribution in [2.24, 2.45) is 0 Å². The summed E-state index contributed by atoms with van der Waals surface area (Å²) < 4.78 is 0. The van der Waals surface area contributed by atoms with Gasteiger partial charge in [0.05, 0.1) is 6.10 Å². The number of carbonyl (C=O) groups excluding carboxylic acids is 1. The summed E-state index contributed by atoms with van der Waals surface area (Å²) in [6, 6.07) is 0. The third-order valence-corrected chi connectivity index (χ3v) is 8.01. The van der Waals surface area contributed by atoms with Crippen LogP contribution in [0.1, 0.15) is 193 Å². The van der Waals surface area contributed by atoms with E-state index in [-0.39, 0.29) is 18.6 Å². The van der Waals surface area contributed by atoms with Gasteiger partial charge in [-0.3, -0.25) is 4.79 Å². The summed E-state index contributed by atoms with van der Waals surface area (Å²) in [5.41, 5.74) is 0. The lowest BCUT2D eigenvalue weighted by Gasteiger charge is -2.08. The van der Waals surface area contributed by atoms with Gasteiger partial charge in [-0.1, -0.05) is 161 Å². The van der Waals surface area contributed by atoms with Crippen molar-refractivity contribution in [3.05, 3.63) is 0 Å². The molecule has 0 radical (unpaired) electrons. The second kappa shape index (κ2) is 32.6. The Bertz CT molecular complexity index is 457. The molecular weight excluding hydrogens is 470 g/mol. The summed E-state index contributed by atoms with van der Waals surface area (Å²) in [6.07, 6.45) is 36.0. The van der Waals surface area contributed by atoms with Crippen LogP contribution < -0.4 is 5.32 Å². The Labute approximate surface area is 238 Å². The van der Waals surface area contributed by atoms with Gasteiger partial charge < -0.3 is 15.5 Å². The minimum Gasteiger partial charge on any atom is -0.396 e. The largest absolute Gasteiger partial charge is 0.396 e. The molecule has 0 saturated heterocycles. The Morgan fingerprint density at radius 1 is 0.526 bits per heavy atom. The highest BCUT2D eigenvalue weighted by Gasteiger charge is 2.03. The van der Waals surface area contributed by atoms with Crippen LogP contribution in [0.4, 0.5) is 0 Å². The highest BCUT2D eigenvalue weighted by atomic mass is 16.3. The van der Waals surface area contributed by atoms with E-state index in [9.17, 15) is 9.90 Å². The van der Waals surface area contributed by atoms with Crippen molar-refractivity contribution in [3.63, 3.8) is 0 Å². The minimum atomic E-state index is -0.308. The summed E-state index contributed by atoms with van der Waals surface area (Å²) in [5, 5.41) is 21.5. The fraction of sp³-hybridized carbons (Fsp3) is 0.971. The number of hydrogen-bond donors (Lipinski definition) is 3. The second-order valence-corrected chi connectivity index (χ2v) is 11.9. The van der Waals surface area contributed by atoms with E-state index in [4.69, 9.17) is 5.11 Å². The van der Waals surface area contributed by atoms with Crippen LogP contribution in [0, 0.1) is 0 Å². The topological polar surface area (TPSA) is 69.6 Å². The Kier molecular flexibility index (Phi) is 32.1. The van der Waals surface area contributed by atoms with Crippen LogP contribution in [-0.2, 0) is 4.79 Å².